The molecule has 35 heavy (non-hydrogen) atoms. The minimum Gasteiger partial charge on any atom is -0.399 e. The van der Waals surface area contributed by atoms with Crippen molar-refractivity contribution in [3.63, 3.8) is 0 Å². The van der Waals surface area contributed by atoms with E-state index in [1.165, 1.54) is 32.3 Å². The molecule has 2 aliphatic heterocycles. The summed E-state index contributed by atoms with van der Waals surface area (Å²) in [4.78, 5) is 4.78. The van der Waals surface area contributed by atoms with Crippen molar-refractivity contribution in [1.29, 1.82) is 0 Å². The van der Waals surface area contributed by atoms with Crippen molar-refractivity contribution in [2.24, 2.45) is 0 Å². The van der Waals surface area contributed by atoms with Crippen LogP contribution in [0.5, 0.6) is 0 Å². The average molecular weight is 477 g/mol. The number of rotatable bonds is 3. The number of benzene rings is 4. The Morgan fingerprint density at radius 2 is 1.23 bits per heavy atom. The van der Waals surface area contributed by atoms with E-state index in [1.54, 1.807) is 11.8 Å². The molecule has 4 aromatic rings. The first kappa shape index (κ1) is 22.5. The second kappa shape index (κ2) is 8.30. The van der Waals surface area contributed by atoms with Crippen LogP contribution in [0.3, 0.4) is 0 Å². The molecule has 4 aromatic carbocycles. The monoisotopic (exact) mass is 477 g/mol. The molecule has 1 saturated heterocycles. The van der Waals surface area contributed by atoms with Gasteiger partial charge in [0.2, 0.25) is 0 Å². The van der Waals surface area contributed by atoms with Gasteiger partial charge in [-0.05, 0) is 80.7 Å². The first-order chi connectivity index (χ1) is 16.8. The number of hydrogen-bond acceptors (Lipinski definition) is 4. The van der Waals surface area contributed by atoms with Crippen LogP contribution in [-0.4, -0.2) is 18.3 Å². The highest BCUT2D eigenvalue weighted by Gasteiger charge is 2.51. The molecule has 0 saturated carbocycles. The van der Waals surface area contributed by atoms with Gasteiger partial charge in [-0.1, -0.05) is 72.4 Å². The lowest BCUT2D eigenvalue weighted by atomic mass is 9.79. The lowest BCUT2D eigenvalue weighted by molar-refractivity contribution is 0.00578. The maximum atomic E-state index is 6.33. The summed E-state index contributed by atoms with van der Waals surface area (Å²) in [6.07, 6.45) is 0. The fourth-order valence-electron chi connectivity index (χ4n) is 4.61. The summed E-state index contributed by atoms with van der Waals surface area (Å²) in [5.74, 6) is 0. The van der Waals surface area contributed by atoms with Crippen molar-refractivity contribution in [1.82, 2.24) is 0 Å². The Morgan fingerprint density at radius 3 is 1.94 bits per heavy atom. The normalized spacial score (nSPS) is 17.7. The predicted octanol–water partition coefficient (Wildman–Crippen LogP) is 7.59. The standard InChI is InChI=1S/C30H28BNO2S/c1-29(2)30(3,4)34-31(33-29)23-16-19-26-28(20-23)35-27-13-9-8-12-25(27)32(26)24-17-14-22(15-18-24)21-10-6-5-7-11-21/h5-20H,1-4H3. The number of fused-ring (bicyclic) bond motifs is 2. The summed E-state index contributed by atoms with van der Waals surface area (Å²) in [5, 5.41) is 0. The lowest BCUT2D eigenvalue weighted by Crippen LogP contribution is -2.41. The average Bonchev–Trinajstić information content (AvgIpc) is 3.09. The van der Waals surface area contributed by atoms with Crippen molar-refractivity contribution >= 4 is 41.4 Å². The van der Waals surface area contributed by atoms with E-state index in [2.05, 4.69) is 130 Å². The van der Waals surface area contributed by atoms with Gasteiger partial charge in [0, 0.05) is 15.5 Å². The molecule has 0 unspecified atom stereocenters. The van der Waals surface area contributed by atoms with Crippen molar-refractivity contribution in [3.8, 4) is 11.1 Å². The smallest absolute Gasteiger partial charge is 0.399 e. The zero-order chi connectivity index (χ0) is 24.2. The molecule has 2 aliphatic rings. The Hall–Kier alpha value is -2.99. The fraction of sp³-hybridized carbons (Fsp3) is 0.200. The Morgan fingerprint density at radius 1 is 0.629 bits per heavy atom. The van der Waals surface area contributed by atoms with Crippen molar-refractivity contribution in [2.75, 3.05) is 4.90 Å². The zero-order valence-corrected chi connectivity index (χ0v) is 21.3. The van der Waals surface area contributed by atoms with Gasteiger partial charge in [0.1, 0.15) is 0 Å². The van der Waals surface area contributed by atoms with E-state index >= 15 is 0 Å². The van der Waals surface area contributed by atoms with Crippen LogP contribution in [0.25, 0.3) is 11.1 Å². The highest BCUT2D eigenvalue weighted by molar-refractivity contribution is 7.99. The first-order valence-corrected chi connectivity index (χ1v) is 12.9. The van der Waals surface area contributed by atoms with Crippen LogP contribution in [0, 0.1) is 0 Å². The summed E-state index contributed by atoms with van der Waals surface area (Å²) < 4.78 is 12.7. The van der Waals surface area contributed by atoms with Crippen LogP contribution in [-0.2, 0) is 9.31 Å². The summed E-state index contributed by atoms with van der Waals surface area (Å²) in [7, 11) is -0.373. The highest BCUT2D eigenvalue weighted by Crippen LogP contribution is 2.51. The van der Waals surface area contributed by atoms with Crippen LogP contribution in [0.4, 0.5) is 17.1 Å². The third-order valence-electron chi connectivity index (χ3n) is 7.31. The Labute approximate surface area is 212 Å². The molecule has 1 fully saturated rings. The largest absolute Gasteiger partial charge is 0.494 e. The van der Waals surface area contributed by atoms with Gasteiger partial charge >= 0.3 is 7.12 Å². The highest BCUT2D eigenvalue weighted by atomic mass is 32.2. The topological polar surface area (TPSA) is 21.7 Å². The third kappa shape index (κ3) is 3.88. The van der Waals surface area contributed by atoms with E-state index in [9.17, 15) is 0 Å². The van der Waals surface area contributed by atoms with E-state index in [-0.39, 0.29) is 18.3 Å². The molecule has 0 aliphatic carbocycles. The summed E-state index contributed by atoms with van der Waals surface area (Å²) in [6, 6.07) is 34.5. The van der Waals surface area contributed by atoms with Gasteiger partial charge in [-0.3, -0.25) is 0 Å². The number of anilines is 3. The minimum atomic E-state index is -0.373. The maximum Gasteiger partial charge on any atom is 0.494 e. The van der Waals surface area contributed by atoms with Gasteiger partial charge in [-0.25, -0.2) is 0 Å². The van der Waals surface area contributed by atoms with Gasteiger partial charge in [0.25, 0.3) is 0 Å². The summed E-state index contributed by atoms with van der Waals surface area (Å²) in [6.45, 7) is 8.38. The quantitative estimate of drug-likeness (QED) is 0.250. The molecule has 2 heterocycles. The minimum absolute atomic E-state index is 0.361. The number of nitrogens with zero attached hydrogens (tertiary/aromatic N) is 1. The van der Waals surface area contributed by atoms with E-state index in [4.69, 9.17) is 9.31 Å². The molecule has 3 nitrogen and oxygen atoms in total. The third-order valence-corrected chi connectivity index (χ3v) is 8.42. The Kier molecular flexibility index (Phi) is 5.33. The second-order valence-electron chi connectivity index (χ2n) is 10.1. The van der Waals surface area contributed by atoms with E-state index in [1.807, 2.05) is 0 Å². The number of para-hydroxylation sites is 1. The molecule has 0 amide bonds. The Balaban J connectivity index is 1.39. The summed E-state index contributed by atoms with van der Waals surface area (Å²) in [5.41, 5.74) is 6.27. The van der Waals surface area contributed by atoms with Gasteiger partial charge in [0.15, 0.2) is 0 Å². The molecule has 0 atom stereocenters. The molecule has 0 bridgehead atoms. The second-order valence-corrected chi connectivity index (χ2v) is 11.2. The van der Waals surface area contributed by atoms with Crippen LogP contribution in [0.2, 0.25) is 0 Å². The summed E-state index contributed by atoms with van der Waals surface area (Å²) >= 11 is 1.80. The molecule has 0 radical (unpaired) electrons. The SMILES string of the molecule is CC1(C)OB(c2ccc3c(c2)Sc2ccccc2N3c2ccc(-c3ccccc3)cc2)OC1(C)C. The van der Waals surface area contributed by atoms with Crippen molar-refractivity contribution in [3.05, 3.63) is 97.1 Å². The molecule has 0 spiro atoms. The molecule has 174 valence electrons. The van der Waals surface area contributed by atoms with Gasteiger partial charge < -0.3 is 14.2 Å². The molecule has 0 N–H and O–H groups in total. The maximum absolute atomic E-state index is 6.33. The van der Waals surface area contributed by atoms with Crippen LogP contribution in [0.15, 0.2) is 107 Å². The van der Waals surface area contributed by atoms with Crippen molar-refractivity contribution < 1.29 is 9.31 Å². The zero-order valence-electron chi connectivity index (χ0n) is 20.5. The van der Waals surface area contributed by atoms with E-state index in [0.29, 0.717) is 0 Å². The molecule has 5 heteroatoms. The Bertz CT molecular complexity index is 1370. The number of hydrogen-bond donors (Lipinski definition) is 0. The predicted molar refractivity (Wildman–Crippen MR) is 146 cm³/mol. The fourth-order valence-corrected chi connectivity index (χ4v) is 5.72. The van der Waals surface area contributed by atoms with Crippen molar-refractivity contribution in [2.45, 2.75) is 48.7 Å². The van der Waals surface area contributed by atoms with E-state index < -0.39 is 0 Å². The van der Waals surface area contributed by atoms with Crippen LogP contribution >= 0.6 is 11.8 Å². The first-order valence-electron chi connectivity index (χ1n) is 12.0. The molecular weight excluding hydrogens is 449 g/mol. The molecule has 6 rings (SSSR count). The van der Waals surface area contributed by atoms with Crippen LogP contribution < -0.4 is 10.4 Å². The lowest BCUT2D eigenvalue weighted by Gasteiger charge is -2.33. The van der Waals surface area contributed by atoms with E-state index in [0.717, 1.165) is 11.2 Å². The van der Waals surface area contributed by atoms with Gasteiger partial charge in [-0.15, -0.1) is 0 Å². The van der Waals surface area contributed by atoms with Gasteiger partial charge in [0.05, 0.1) is 22.6 Å². The van der Waals surface area contributed by atoms with Crippen LogP contribution in [0.1, 0.15) is 27.7 Å². The molecule has 0 aromatic heterocycles. The molecular formula is C30H28BNO2S. The van der Waals surface area contributed by atoms with Gasteiger partial charge in [-0.2, -0.15) is 0 Å².